The first-order chi connectivity index (χ1) is 18.9. The molecule has 2 saturated heterocycles. The van der Waals surface area contributed by atoms with Crippen LogP contribution in [0.5, 0.6) is 0 Å². The van der Waals surface area contributed by atoms with E-state index in [1.165, 1.54) is 25.6 Å². The van der Waals surface area contributed by atoms with Crippen molar-refractivity contribution in [2.45, 2.75) is 77.0 Å². The molecule has 0 spiro atoms. The topological polar surface area (TPSA) is 167 Å². The highest BCUT2D eigenvalue weighted by Crippen LogP contribution is 2.40. The van der Waals surface area contributed by atoms with Crippen LogP contribution in [0.4, 0.5) is 11.8 Å². The number of hydrogen-bond acceptors (Lipinski definition) is 12. The normalized spacial score (nSPS) is 25.0. The number of anilines is 2. The summed E-state index contributed by atoms with van der Waals surface area (Å²) in [5.41, 5.74) is 1.63. The molecule has 39 heavy (non-hydrogen) atoms. The zero-order chi connectivity index (χ0) is 27.5. The molecule has 3 aromatic heterocycles. The number of aliphatic hydroxyl groups excluding tert-OH is 3. The van der Waals surface area contributed by atoms with Gasteiger partial charge in [-0.05, 0) is 38.3 Å². The van der Waals surface area contributed by atoms with E-state index < -0.39 is 24.5 Å². The number of ether oxygens (including phenoxy) is 1. The lowest BCUT2D eigenvalue weighted by atomic mass is 10.1. The lowest BCUT2D eigenvalue weighted by molar-refractivity contribution is -0.0434. The summed E-state index contributed by atoms with van der Waals surface area (Å²) in [6.07, 6.45) is 1.57. The average molecular weight is 545 g/mol. The molecule has 13 nitrogen and oxygen atoms in total. The fourth-order valence-corrected chi connectivity index (χ4v) is 5.14. The van der Waals surface area contributed by atoms with Crippen molar-refractivity contribution in [1.29, 1.82) is 0 Å². The van der Waals surface area contributed by atoms with E-state index >= 15 is 0 Å². The summed E-state index contributed by atoms with van der Waals surface area (Å²) < 4.78 is 13.1. The molecule has 3 aromatic rings. The monoisotopic (exact) mass is 544 g/mol. The highest BCUT2D eigenvalue weighted by atomic mass is 16.6. The number of hydrogen-bond donors (Lipinski definition) is 5. The van der Waals surface area contributed by atoms with E-state index in [1.54, 1.807) is 10.6 Å². The van der Waals surface area contributed by atoms with E-state index in [9.17, 15) is 15.3 Å². The van der Waals surface area contributed by atoms with Gasteiger partial charge in [0.25, 0.3) is 0 Å². The van der Waals surface area contributed by atoms with Gasteiger partial charge < -0.3 is 40.1 Å². The molecule has 0 aromatic carbocycles. The van der Waals surface area contributed by atoms with E-state index in [0.29, 0.717) is 41.7 Å². The Morgan fingerprint density at radius 1 is 1.13 bits per heavy atom. The Morgan fingerprint density at radius 3 is 2.62 bits per heavy atom. The Morgan fingerprint density at radius 2 is 1.92 bits per heavy atom. The van der Waals surface area contributed by atoms with E-state index in [-0.39, 0.29) is 18.6 Å². The third-order valence-corrected chi connectivity index (χ3v) is 7.64. The van der Waals surface area contributed by atoms with E-state index in [1.807, 2.05) is 20.8 Å². The van der Waals surface area contributed by atoms with Gasteiger partial charge in [-0.15, -0.1) is 0 Å². The number of aryl methyl sites for hydroxylation is 1. The van der Waals surface area contributed by atoms with Crippen molar-refractivity contribution in [2.75, 3.05) is 43.4 Å². The van der Waals surface area contributed by atoms with Gasteiger partial charge in [0.15, 0.2) is 29.0 Å². The van der Waals surface area contributed by atoms with Crippen molar-refractivity contribution in [3.8, 4) is 0 Å². The SMILES string of the molecule is CCc1cc([C@H]2O[C@@H](n3cnc4c(NC(CO)C(C)C)nc(NCCN5CCCCC5)nc43)[C@H](O)[C@@H]2O)on1. The number of fused-ring (bicyclic) bond motifs is 1. The van der Waals surface area contributed by atoms with Gasteiger partial charge in [-0.3, -0.25) is 4.57 Å². The van der Waals surface area contributed by atoms with Gasteiger partial charge in [-0.1, -0.05) is 32.3 Å². The molecule has 13 heteroatoms. The average Bonchev–Trinajstić information content (AvgIpc) is 3.66. The molecule has 1 unspecified atom stereocenters. The molecular weight excluding hydrogens is 504 g/mol. The third kappa shape index (κ3) is 5.87. The maximum Gasteiger partial charge on any atom is 0.226 e. The molecule has 0 bridgehead atoms. The molecule has 0 amide bonds. The van der Waals surface area contributed by atoms with Crippen LogP contribution < -0.4 is 10.6 Å². The van der Waals surface area contributed by atoms with Crippen LogP contribution in [-0.4, -0.2) is 95.9 Å². The van der Waals surface area contributed by atoms with Crippen molar-refractivity contribution in [3.63, 3.8) is 0 Å². The zero-order valence-corrected chi connectivity index (χ0v) is 22.8. The molecule has 5 N–H and O–H groups in total. The minimum atomic E-state index is -1.26. The van der Waals surface area contributed by atoms with Gasteiger partial charge in [-0.2, -0.15) is 9.97 Å². The van der Waals surface area contributed by atoms with Crippen LogP contribution in [0.3, 0.4) is 0 Å². The number of piperidine rings is 1. The van der Waals surface area contributed by atoms with Gasteiger partial charge in [-0.25, -0.2) is 4.98 Å². The molecule has 2 aliphatic rings. The molecule has 5 atom stereocenters. The minimum Gasteiger partial charge on any atom is -0.394 e. The molecule has 0 aliphatic carbocycles. The lowest BCUT2D eigenvalue weighted by Gasteiger charge is -2.26. The van der Waals surface area contributed by atoms with Gasteiger partial charge in [0.1, 0.15) is 18.3 Å². The predicted molar refractivity (Wildman–Crippen MR) is 144 cm³/mol. The first-order valence-corrected chi connectivity index (χ1v) is 13.9. The molecule has 5 heterocycles. The van der Waals surface area contributed by atoms with Gasteiger partial charge in [0.05, 0.1) is 24.7 Å². The minimum absolute atomic E-state index is 0.0726. The molecule has 2 aliphatic heterocycles. The van der Waals surface area contributed by atoms with Crippen LogP contribution in [0.15, 0.2) is 16.9 Å². The number of likely N-dealkylation sites (tertiary alicyclic amines) is 1. The smallest absolute Gasteiger partial charge is 0.226 e. The van der Waals surface area contributed by atoms with Crippen molar-refractivity contribution < 1.29 is 24.6 Å². The fraction of sp³-hybridized carbons (Fsp3) is 0.692. The summed E-state index contributed by atoms with van der Waals surface area (Å²) in [6, 6.07) is 1.48. The van der Waals surface area contributed by atoms with Crippen LogP contribution in [0.25, 0.3) is 11.2 Å². The predicted octanol–water partition coefficient (Wildman–Crippen LogP) is 1.70. The van der Waals surface area contributed by atoms with Gasteiger partial charge >= 0.3 is 0 Å². The quantitative estimate of drug-likeness (QED) is 0.237. The third-order valence-electron chi connectivity index (χ3n) is 7.64. The standard InChI is InChI=1S/C26H40N8O5/c1-4-16-12-18(39-32-16)22-20(36)21(37)25(38-22)34-14-28-19-23(29-17(13-35)15(2)3)30-26(31-24(19)34)27-8-11-33-9-6-5-7-10-33/h12,14-15,17,20-22,25,35-37H,4-11,13H2,1-3H3,(H2,27,29,30,31)/t17?,20-,21+,22+,25+/m0/s1. The van der Waals surface area contributed by atoms with Crippen molar-refractivity contribution in [2.24, 2.45) is 5.92 Å². The highest BCUT2D eigenvalue weighted by Gasteiger charge is 2.47. The Balaban J connectivity index is 1.43. The number of imidazole rings is 1. The highest BCUT2D eigenvalue weighted by molar-refractivity contribution is 5.84. The molecule has 2 fully saturated rings. The second-order valence-corrected chi connectivity index (χ2v) is 10.7. The Hall–Kier alpha value is -2.84. The number of nitrogens with one attached hydrogen (secondary N) is 2. The summed E-state index contributed by atoms with van der Waals surface area (Å²) in [6.45, 7) is 9.65. The zero-order valence-electron chi connectivity index (χ0n) is 22.8. The molecule has 5 rings (SSSR count). The number of aromatic nitrogens is 5. The summed E-state index contributed by atoms with van der Waals surface area (Å²) in [5, 5.41) is 42.3. The van der Waals surface area contributed by atoms with E-state index in [4.69, 9.17) is 14.2 Å². The Labute approximate surface area is 227 Å². The second kappa shape index (κ2) is 12.1. The van der Waals surface area contributed by atoms with Gasteiger partial charge in [0, 0.05) is 19.2 Å². The van der Waals surface area contributed by atoms with E-state index in [0.717, 1.165) is 25.3 Å². The van der Waals surface area contributed by atoms with Crippen molar-refractivity contribution in [3.05, 3.63) is 23.8 Å². The van der Waals surface area contributed by atoms with E-state index in [2.05, 4.69) is 30.7 Å². The first kappa shape index (κ1) is 27.7. The molecule has 0 radical (unpaired) electrons. The summed E-state index contributed by atoms with van der Waals surface area (Å²) in [7, 11) is 0. The maximum atomic E-state index is 11.0. The van der Waals surface area contributed by atoms with Crippen LogP contribution in [0, 0.1) is 5.92 Å². The summed E-state index contributed by atoms with van der Waals surface area (Å²) in [5.74, 6) is 1.37. The number of nitrogens with zero attached hydrogens (tertiary/aromatic N) is 6. The summed E-state index contributed by atoms with van der Waals surface area (Å²) >= 11 is 0. The number of aliphatic hydroxyl groups is 3. The van der Waals surface area contributed by atoms with Crippen molar-refractivity contribution >= 4 is 22.9 Å². The first-order valence-electron chi connectivity index (χ1n) is 13.9. The Bertz CT molecular complexity index is 1230. The van der Waals surface area contributed by atoms with Crippen LogP contribution in [0.2, 0.25) is 0 Å². The largest absolute Gasteiger partial charge is 0.394 e. The maximum absolute atomic E-state index is 11.0. The Kier molecular flexibility index (Phi) is 8.62. The fourth-order valence-electron chi connectivity index (χ4n) is 5.14. The van der Waals surface area contributed by atoms with Crippen LogP contribution in [-0.2, 0) is 11.2 Å². The van der Waals surface area contributed by atoms with Crippen LogP contribution >= 0.6 is 0 Å². The molecule has 0 saturated carbocycles. The molecule has 214 valence electrons. The molecular formula is C26H40N8O5. The lowest BCUT2D eigenvalue weighted by Crippen LogP contribution is -2.34. The summed E-state index contributed by atoms with van der Waals surface area (Å²) in [4.78, 5) is 16.4. The van der Waals surface area contributed by atoms with Crippen molar-refractivity contribution in [1.82, 2.24) is 29.6 Å². The second-order valence-electron chi connectivity index (χ2n) is 10.7. The van der Waals surface area contributed by atoms with Crippen LogP contribution in [0.1, 0.15) is 63.8 Å². The van der Waals surface area contributed by atoms with Gasteiger partial charge in [0.2, 0.25) is 5.95 Å². The number of rotatable bonds is 11.